The van der Waals surface area contributed by atoms with Gasteiger partial charge in [-0.15, -0.1) is 0 Å². The van der Waals surface area contributed by atoms with Gasteiger partial charge in [0.1, 0.15) is 0 Å². The number of hydrogen-bond donors (Lipinski definition) is 1. The number of ether oxygens (including phenoxy) is 1. The first-order valence-electron chi connectivity index (χ1n) is 10.8. The molecule has 0 saturated heterocycles. The molecule has 0 atom stereocenters. The van der Waals surface area contributed by atoms with E-state index in [0.29, 0.717) is 26.2 Å². The third-order valence-electron chi connectivity index (χ3n) is 4.22. The molecule has 0 aromatic carbocycles. The van der Waals surface area contributed by atoms with Gasteiger partial charge >= 0.3 is 17.1 Å². The second kappa shape index (κ2) is 16.3. The van der Waals surface area contributed by atoms with Gasteiger partial charge in [0.25, 0.3) is 0 Å². The molecule has 19 heteroatoms. The average molecular weight is 601 g/mol. The van der Waals surface area contributed by atoms with Crippen LogP contribution in [-0.4, -0.2) is 59.7 Å². The lowest BCUT2D eigenvalue weighted by Gasteiger charge is -2.22. The molecule has 11 nitrogen and oxygen atoms in total. The van der Waals surface area contributed by atoms with E-state index >= 15 is 0 Å². The highest BCUT2D eigenvalue weighted by molar-refractivity contribution is 8.13. The van der Waals surface area contributed by atoms with Crippen LogP contribution in [0.3, 0.4) is 0 Å². The number of sulfonamides is 2. The first-order valence-corrected chi connectivity index (χ1v) is 13.6. The van der Waals surface area contributed by atoms with Gasteiger partial charge < -0.3 is 14.2 Å². The fourth-order valence-electron chi connectivity index (χ4n) is 2.34. The Morgan fingerprint density at radius 2 is 1.63 bits per heavy atom. The first kappa shape index (κ1) is 35.2. The summed E-state index contributed by atoms with van der Waals surface area (Å²) in [5.74, 6) is 0. The van der Waals surface area contributed by atoms with Crippen molar-refractivity contribution in [3.8, 4) is 0 Å². The maximum absolute atomic E-state index is 11.5. The Balaban J connectivity index is 0.000000793. The quantitative estimate of drug-likeness (QED) is 0.120. The molecule has 0 spiro atoms. The minimum Gasteiger partial charge on any atom is -0.443 e. The van der Waals surface area contributed by atoms with Gasteiger partial charge in [0.15, 0.2) is 45.6 Å². The summed E-state index contributed by atoms with van der Waals surface area (Å²) in [6.07, 6.45) is 9.94. The summed E-state index contributed by atoms with van der Waals surface area (Å²) >= 11 is 0. The zero-order valence-corrected chi connectivity index (χ0v) is 21.6. The van der Waals surface area contributed by atoms with Crippen molar-refractivity contribution >= 4 is 32.2 Å². The molecule has 0 aliphatic carbocycles. The third-order valence-corrected chi connectivity index (χ3v) is 6.96. The van der Waals surface area contributed by atoms with E-state index in [1.165, 1.54) is 11.6 Å². The molecule has 0 aliphatic heterocycles. The predicted molar refractivity (Wildman–Crippen MR) is 120 cm³/mol. The summed E-state index contributed by atoms with van der Waals surface area (Å²) < 4.78 is 116. The molecular weight excluding hydrogens is 574 g/mol. The lowest BCUT2D eigenvalue weighted by Crippen LogP contribution is -2.37. The average Bonchev–Trinajstić information content (AvgIpc) is 2.79. The minimum atomic E-state index is -6.72. The molecule has 0 radical (unpaired) electrons. The highest BCUT2D eigenvalue weighted by Crippen LogP contribution is 2.36. The molecule has 38 heavy (non-hydrogen) atoms. The number of nitrogens with zero attached hydrogens (tertiary/aromatic N) is 3. The van der Waals surface area contributed by atoms with Crippen molar-refractivity contribution in [1.29, 1.82) is 0 Å². The van der Waals surface area contributed by atoms with E-state index in [2.05, 4.69) is 29.5 Å². The maximum atomic E-state index is 11.5. The summed E-state index contributed by atoms with van der Waals surface area (Å²) in [6, 6.07) is 4.08. The van der Waals surface area contributed by atoms with Gasteiger partial charge in [-0.3, -0.25) is 0 Å². The monoisotopic (exact) mass is 600 g/mol. The highest BCUT2D eigenvalue weighted by Gasteiger charge is 2.46. The Hall–Kier alpha value is -2.76. The Kier molecular flexibility index (Phi) is 15.1. The third kappa shape index (κ3) is 14.3. The maximum Gasteiger partial charge on any atom is 0.480 e. The van der Waals surface area contributed by atoms with Gasteiger partial charge in [-0.05, 0) is 25.3 Å². The molecule has 1 heterocycles. The van der Waals surface area contributed by atoms with Crippen LogP contribution in [0.2, 0.25) is 0 Å². The van der Waals surface area contributed by atoms with Crippen molar-refractivity contribution < 1.29 is 62.1 Å². The number of unbranched alkanes of at least 4 members (excludes halogenated alkanes) is 3. The summed E-state index contributed by atoms with van der Waals surface area (Å²) in [5.41, 5.74) is -11.1. The molecule has 1 aromatic heterocycles. The number of alkyl carbamates (subject to hydrolysis) is 1. The fourth-order valence-corrected chi connectivity index (χ4v) is 4.05. The van der Waals surface area contributed by atoms with Crippen LogP contribution in [0.1, 0.15) is 38.2 Å². The van der Waals surface area contributed by atoms with Crippen molar-refractivity contribution in [2.75, 3.05) is 19.7 Å². The van der Waals surface area contributed by atoms with Crippen molar-refractivity contribution in [3.05, 3.63) is 34.2 Å². The van der Waals surface area contributed by atoms with E-state index in [0.717, 1.165) is 36.2 Å². The number of aliphatic imine (C=N–C) groups is 1. The van der Waals surface area contributed by atoms with Crippen molar-refractivity contribution in [2.24, 2.45) is 4.99 Å². The first-order chi connectivity index (χ1) is 17.5. The topological polar surface area (TPSA) is 154 Å². The van der Waals surface area contributed by atoms with Crippen LogP contribution in [0, 0.1) is 0 Å². The molecule has 0 unspecified atom stereocenters. The molecule has 0 aliphatic rings. The lowest BCUT2D eigenvalue weighted by molar-refractivity contribution is -0.698. The molecule has 1 N–H and O–H groups in total. The number of isocyanates is 1. The van der Waals surface area contributed by atoms with Crippen LogP contribution in [0.25, 0.3) is 4.13 Å². The van der Waals surface area contributed by atoms with Crippen molar-refractivity contribution in [3.63, 3.8) is 0 Å². The van der Waals surface area contributed by atoms with Crippen molar-refractivity contribution in [2.45, 2.75) is 56.6 Å². The Labute approximate surface area is 215 Å². The Morgan fingerprint density at radius 1 is 1.05 bits per heavy atom. The van der Waals surface area contributed by atoms with Crippen LogP contribution >= 0.6 is 0 Å². The SMILES string of the molecule is CCc1ccc[n+](CCOC(=O)NCCCCCCN=C=O)c1.O=S(=O)([N-]S(=O)(=O)C(F)(F)F)C(F)(F)F. The zero-order chi connectivity index (χ0) is 29.5. The number of rotatable bonds is 13. The number of amides is 1. The summed E-state index contributed by atoms with van der Waals surface area (Å²) in [7, 11) is -13.4. The number of aryl methyl sites for hydroxylation is 1. The van der Waals surface area contributed by atoms with Gasteiger partial charge in [0.2, 0.25) is 6.08 Å². The number of alkyl halides is 6. The van der Waals surface area contributed by atoms with E-state index in [-0.39, 0.29) is 6.09 Å². The molecule has 1 rings (SSSR count). The number of carbonyl (C=O) groups excluding carboxylic acids is 2. The Bertz CT molecular complexity index is 1090. The number of carbonyl (C=O) groups is 1. The van der Waals surface area contributed by atoms with E-state index < -0.39 is 31.1 Å². The van der Waals surface area contributed by atoms with E-state index in [9.17, 15) is 52.8 Å². The largest absolute Gasteiger partial charge is 0.480 e. The van der Waals surface area contributed by atoms with Gasteiger partial charge in [-0.1, -0.05) is 19.8 Å². The van der Waals surface area contributed by atoms with Gasteiger partial charge in [-0.25, -0.2) is 36.0 Å². The lowest BCUT2D eigenvalue weighted by atomic mass is 10.2. The summed E-state index contributed by atoms with van der Waals surface area (Å²) in [5, 5.41) is 2.74. The predicted octanol–water partition coefficient (Wildman–Crippen LogP) is 3.22. The second-order valence-electron chi connectivity index (χ2n) is 7.17. The second-order valence-corrected chi connectivity index (χ2v) is 10.6. The molecule has 1 aromatic rings. The number of nitrogens with one attached hydrogen (secondary N) is 1. The Morgan fingerprint density at radius 3 is 2.16 bits per heavy atom. The van der Waals surface area contributed by atoms with Gasteiger partial charge in [0, 0.05) is 18.2 Å². The van der Waals surface area contributed by atoms with Crippen molar-refractivity contribution in [1.82, 2.24) is 5.32 Å². The van der Waals surface area contributed by atoms with E-state index in [4.69, 9.17) is 4.74 Å². The normalized spacial score (nSPS) is 12.1. The smallest absolute Gasteiger partial charge is 0.443 e. The van der Waals surface area contributed by atoms with Crippen LogP contribution < -0.4 is 9.88 Å². The highest BCUT2D eigenvalue weighted by atomic mass is 32.3. The standard InChI is InChI=1S/C17H25N3O3.C2F6NO4S2/c1-2-16-8-7-11-20(14-16)12-13-23-17(22)19-10-6-4-3-5-9-18-15-21;3-1(4,5)14(10,11)9-15(12,13)2(6,7)8/h7-8,11,14H,2-6,9-10,12-13H2,1H3;/q;-1/p+1. The summed E-state index contributed by atoms with van der Waals surface area (Å²) in [6.45, 7) is 4.26. The zero-order valence-electron chi connectivity index (χ0n) is 20.0. The minimum absolute atomic E-state index is 0.355. The van der Waals surface area contributed by atoms with Crippen LogP contribution in [0.15, 0.2) is 29.5 Å². The van der Waals surface area contributed by atoms with Crippen LogP contribution in [0.4, 0.5) is 31.1 Å². The van der Waals surface area contributed by atoms with Crippen LogP contribution in [0.5, 0.6) is 0 Å². The molecule has 0 saturated carbocycles. The molecule has 0 fully saturated rings. The molecule has 1 amide bonds. The number of aromatic nitrogens is 1. The van der Waals surface area contributed by atoms with Crippen LogP contribution in [-0.2, 0) is 42.5 Å². The van der Waals surface area contributed by atoms with Gasteiger partial charge in [0.05, 0.1) is 6.54 Å². The molecule has 218 valence electrons. The van der Waals surface area contributed by atoms with E-state index in [1.807, 2.05) is 16.8 Å². The molecular formula is C19H26F6N4O7S2. The fraction of sp³-hybridized carbons (Fsp3) is 0.632. The number of halogens is 6. The van der Waals surface area contributed by atoms with E-state index in [1.54, 1.807) is 0 Å². The number of pyridine rings is 1. The molecule has 0 bridgehead atoms. The number of hydrogen-bond acceptors (Lipinski definition) is 8. The van der Waals surface area contributed by atoms with Gasteiger partial charge in [-0.2, -0.15) is 26.3 Å². The summed E-state index contributed by atoms with van der Waals surface area (Å²) in [4.78, 5) is 24.9.